The van der Waals surface area contributed by atoms with Crippen molar-refractivity contribution in [3.63, 3.8) is 0 Å². The lowest BCUT2D eigenvalue weighted by molar-refractivity contribution is -0.137. The van der Waals surface area contributed by atoms with E-state index in [1.54, 1.807) is 35.0 Å². The maximum atomic E-state index is 13.8. The summed E-state index contributed by atoms with van der Waals surface area (Å²) in [6.45, 7) is 4.88. The molecule has 7 nitrogen and oxygen atoms in total. The van der Waals surface area contributed by atoms with Crippen LogP contribution in [0.5, 0.6) is 0 Å². The van der Waals surface area contributed by atoms with Crippen LogP contribution in [0.4, 0.5) is 13.2 Å². The number of nitrogens with zero attached hydrogens (tertiary/aromatic N) is 5. The van der Waals surface area contributed by atoms with Gasteiger partial charge in [0.2, 0.25) is 5.91 Å². The van der Waals surface area contributed by atoms with Crippen molar-refractivity contribution < 1.29 is 22.5 Å². The van der Waals surface area contributed by atoms with Crippen LogP contribution in [0.15, 0.2) is 29.0 Å². The maximum Gasteiger partial charge on any atom is 0.417 e. The summed E-state index contributed by atoms with van der Waals surface area (Å²) >= 11 is 0. The minimum atomic E-state index is -4.55. The average Bonchev–Trinajstić information content (AvgIpc) is 3.41. The molecular formula is C21H24F3N5O2. The maximum absolute atomic E-state index is 13.8. The first kappa shape index (κ1) is 21.3. The molecule has 0 radical (unpaired) electrons. The van der Waals surface area contributed by atoms with E-state index in [-0.39, 0.29) is 34.5 Å². The van der Waals surface area contributed by atoms with Gasteiger partial charge >= 0.3 is 6.18 Å². The topological polar surface area (TPSA) is 77.0 Å². The Morgan fingerprint density at radius 3 is 2.87 bits per heavy atom. The molecule has 0 aliphatic carbocycles. The number of likely N-dealkylation sites (tertiary alicyclic amines) is 1. The van der Waals surface area contributed by atoms with Gasteiger partial charge in [0, 0.05) is 37.1 Å². The molecule has 1 fully saturated rings. The number of rotatable bonds is 5. The highest BCUT2D eigenvalue weighted by Crippen LogP contribution is 2.40. The van der Waals surface area contributed by atoms with Crippen LogP contribution >= 0.6 is 0 Å². The normalized spacial score (nSPS) is 18.5. The van der Waals surface area contributed by atoms with Gasteiger partial charge < -0.3 is 9.42 Å². The van der Waals surface area contributed by atoms with Gasteiger partial charge in [0.15, 0.2) is 0 Å². The number of fused-ring (bicyclic) bond motifs is 1. The first-order valence-corrected chi connectivity index (χ1v) is 10.4. The van der Waals surface area contributed by atoms with Crippen molar-refractivity contribution in [1.82, 2.24) is 24.8 Å². The number of aryl methyl sites for hydroxylation is 1. The Labute approximate surface area is 177 Å². The molecule has 0 unspecified atom stereocenters. The van der Waals surface area contributed by atoms with Crippen molar-refractivity contribution in [2.45, 2.75) is 51.7 Å². The summed E-state index contributed by atoms with van der Waals surface area (Å²) in [5, 5.41) is 8.02. The summed E-state index contributed by atoms with van der Waals surface area (Å²) in [6, 6.07) is 2.86. The van der Waals surface area contributed by atoms with E-state index in [0.717, 1.165) is 6.07 Å². The van der Waals surface area contributed by atoms with Gasteiger partial charge in [-0.15, -0.1) is 0 Å². The van der Waals surface area contributed by atoms with Crippen molar-refractivity contribution in [3.8, 4) is 0 Å². The van der Waals surface area contributed by atoms with Crippen molar-refractivity contribution in [2.75, 3.05) is 13.1 Å². The van der Waals surface area contributed by atoms with E-state index in [1.807, 2.05) is 6.92 Å². The van der Waals surface area contributed by atoms with E-state index in [4.69, 9.17) is 4.52 Å². The second kappa shape index (κ2) is 8.32. The monoisotopic (exact) mass is 435 g/mol. The van der Waals surface area contributed by atoms with Crippen LogP contribution < -0.4 is 0 Å². The van der Waals surface area contributed by atoms with Crippen LogP contribution in [0.2, 0.25) is 0 Å². The van der Waals surface area contributed by atoms with Gasteiger partial charge in [-0.2, -0.15) is 18.3 Å². The van der Waals surface area contributed by atoms with E-state index in [9.17, 15) is 18.0 Å². The summed E-state index contributed by atoms with van der Waals surface area (Å²) < 4.78 is 48.3. The summed E-state index contributed by atoms with van der Waals surface area (Å²) in [7, 11) is 0. The number of aromatic nitrogens is 4. The molecule has 0 bridgehead atoms. The number of carbonyl (C=O) groups excluding carboxylic acids is 1. The number of hydrogen-bond donors (Lipinski definition) is 0. The zero-order valence-corrected chi connectivity index (χ0v) is 17.4. The quantitative estimate of drug-likeness (QED) is 0.605. The predicted molar refractivity (Wildman–Crippen MR) is 106 cm³/mol. The van der Waals surface area contributed by atoms with E-state index in [2.05, 4.69) is 15.2 Å². The Bertz CT molecular complexity index is 1060. The van der Waals surface area contributed by atoms with Crippen LogP contribution in [0, 0.1) is 5.92 Å². The molecule has 0 aromatic carbocycles. The molecule has 0 spiro atoms. The smallest absolute Gasteiger partial charge is 0.342 e. The number of amides is 1. The second-order valence-electron chi connectivity index (χ2n) is 8.01. The number of pyridine rings is 1. The first-order valence-electron chi connectivity index (χ1n) is 10.4. The molecule has 1 aliphatic heterocycles. The van der Waals surface area contributed by atoms with E-state index in [1.165, 1.54) is 0 Å². The van der Waals surface area contributed by atoms with E-state index in [0.29, 0.717) is 44.6 Å². The molecular weight excluding hydrogens is 411 g/mol. The van der Waals surface area contributed by atoms with Gasteiger partial charge in [-0.1, -0.05) is 19.0 Å². The van der Waals surface area contributed by atoms with Gasteiger partial charge in [0.25, 0.3) is 5.71 Å². The fourth-order valence-electron chi connectivity index (χ4n) is 4.19. The SMILES string of the molecule is CCc1cc(C(F)(F)F)c2c([C@@H]3CCCN(C(=O)[C@@H](C)Cn4cccn4)C3)noc2n1. The Hall–Kier alpha value is -2.91. The van der Waals surface area contributed by atoms with Crippen molar-refractivity contribution in [2.24, 2.45) is 5.92 Å². The zero-order valence-electron chi connectivity index (χ0n) is 17.4. The predicted octanol–water partition coefficient (Wildman–Crippen LogP) is 4.04. The molecule has 2 atom stereocenters. The number of halogens is 3. The highest BCUT2D eigenvalue weighted by atomic mass is 19.4. The third-order valence-electron chi connectivity index (χ3n) is 5.75. The number of hydrogen-bond acceptors (Lipinski definition) is 5. The van der Waals surface area contributed by atoms with Gasteiger partial charge in [-0.3, -0.25) is 9.48 Å². The highest BCUT2D eigenvalue weighted by Gasteiger charge is 2.38. The molecule has 1 saturated heterocycles. The summed E-state index contributed by atoms with van der Waals surface area (Å²) in [4.78, 5) is 18.9. The van der Waals surface area contributed by atoms with Crippen LogP contribution in [0.3, 0.4) is 0 Å². The minimum Gasteiger partial charge on any atom is -0.342 e. The van der Waals surface area contributed by atoms with Gasteiger partial charge in [0.1, 0.15) is 0 Å². The third kappa shape index (κ3) is 4.28. The molecule has 4 heterocycles. The Balaban J connectivity index is 1.60. The van der Waals surface area contributed by atoms with E-state index < -0.39 is 11.7 Å². The number of piperidine rings is 1. The summed E-state index contributed by atoms with van der Waals surface area (Å²) in [5.41, 5.74) is -0.344. The molecule has 4 rings (SSSR count). The fraction of sp³-hybridized carbons (Fsp3) is 0.524. The van der Waals surface area contributed by atoms with Gasteiger partial charge in [-0.05, 0) is 31.4 Å². The minimum absolute atomic E-state index is 0.0459. The largest absolute Gasteiger partial charge is 0.417 e. The van der Waals surface area contributed by atoms with Crippen LogP contribution in [0.25, 0.3) is 11.1 Å². The van der Waals surface area contributed by atoms with E-state index >= 15 is 0 Å². The van der Waals surface area contributed by atoms with Crippen molar-refractivity contribution in [3.05, 3.63) is 41.5 Å². The molecule has 10 heteroatoms. The third-order valence-corrected chi connectivity index (χ3v) is 5.75. The standard InChI is InChI=1S/C21H24F3N5O2/c1-3-15-10-16(21(22,23)24)17-18(27-31-19(17)26-15)14-6-4-8-28(12-14)20(30)13(2)11-29-9-5-7-25-29/h5,7,9-10,13-14H,3-4,6,8,11-12H2,1-2H3/t13-,14+/m0/s1. The molecule has 3 aromatic heterocycles. The Morgan fingerprint density at radius 2 is 2.19 bits per heavy atom. The Morgan fingerprint density at radius 1 is 1.39 bits per heavy atom. The van der Waals surface area contributed by atoms with Crippen LogP contribution in [-0.2, 0) is 23.9 Å². The lowest BCUT2D eigenvalue weighted by Crippen LogP contribution is -2.42. The summed E-state index contributed by atoms with van der Waals surface area (Å²) in [5.74, 6) is -0.686. The van der Waals surface area contributed by atoms with Gasteiger partial charge in [-0.25, -0.2) is 4.98 Å². The number of alkyl halides is 3. The lowest BCUT2D eigenvalue weighted by Gasteiger charge is -2.33. The van der Waals surface area contributed by atoms with Crippen LogP contribution in [-0.4, -0.2) is 43.8 Å². The van der Waals surface area contributed by atoms with Crippen molar-refractivity contribution in [1.29, 1.82) is 0 Å². The first-order chi connectivity index (χ1) is 14.8. The lowest BCUT2D eigenvalue weighted by atomic mass is 9.91. The fourth-order valence-corrected chi connectivity index (χ4v) is 4.19. The zero-order chi connectivity index (χ0) is 22.2. The molecule has 3 aromatic rings. The average molecular weight is 435 g/mol. The Kier molecular flexibility index (Phi) is 5.72. The second-order valence-corrected chi connectivity index (χ2v) is 8.01. The molecule has 1 aliphatic rings. The highest BCUT2D eigenvalue weighted by molar-refractivity contribution is 5.82. The van der Waals surface area contributed by atoms with Crippen LogP contribution in [0.1, 0.15) is 49.6 Å². The molecule has 31 heavy (non-hydrogen) atoms. The van der Waals surface area contributed by atoms with Gasteiger partial charge in [0.05, 0.1) is 29.1 Å². The molecule has 166 valence electrons. The number of carbonyl (C=O) groups is 1. The molecule has 0 saturated carbocycles. The molecule has 1 amide bonds. The summed E-state index contributed by atoms with van der Waals surface area (Å²) in [6.07, 6.45) is 0.566. The molecule has 0 N–H and O–H groups in total. The van der Waals surface area contributed by atoms with Crippen molar-refractivity contribution >= 4 is 17.0 Å².